The second-order valence-electron chi connectivity index (χ2n) is 4.38. The summed E-state index contributed by atoms with van der Waals surface area (Å²) in [5, 5.41) is 4.19. The smallest absolute Gasteiger partial charge is 0.122 e. The molecule has 16 heavy (non-hydrogen) atoms. The van der Waals surface area contributed by atoms with Gasteiger partial charge in [0.2, 0.25) is 0 Å². The van der Waals surface area contributed by atoms with Gasteiger partial charge in [0.1, 0.15) is 11.9 Å². The Balaban J connectivity index is 1.87. The summed E-state index contributed by atoms with van der Waals surface area (Å²) >= 11 is 5.90. The largest absolute Gasteiger partial charge is 0.490 e. The maximum Gasteiger partial charge on any atom is 0.122 e. The predicted molar refractivity (Wildman–Crippen MR) is 67.3 cm³/mol. The van der Waals surface area contributed by atoms with Crippen LogP contribution in [0, 0.1) is 6.92 Å². The summed E-state index contributed by atoms with van der Waals surface area (Å²) in [5.41, 5.74) is 1.11. The monoisotopic (exact) mass is 239 g/mol. The van der Waals surface area contributed by atoms with Crippen molar-refractivity contribution in [1.82, 2.24) is 5.32 Å². The van der Waals surface area contributed by atoms with Gasteiger partial charge in [-0.25, -0.2) is 0 Å². The van der Waals surface area contributed by atoms with Crippen molar-refractivity contribution in [3.8, 4) is 5.75 Å². The van der Waals surface area contributed by atoms with Gasteiger partial charge in [0.15, 0.2) is 0 Å². The van der Waals surface area contributed by atoms with Crippen LogP contribution in [-0.2, 0) is 0 Å². The lowest BCUT2D eigenvalue weighted by Gasteiger charge is -2.36. The fourth-order valence-electron chi connectivity index (χ4n) is 2.04. The lowest BCUT2D eigenvalue weighted by atomic mass is 9.89. The molecular weight excluding hydrogens is 222 g/mol. The number of halogens is 1. The number of rotatable bonds is 4. The standard InChI is InChI=1S/C13H18ClNO/c1-3-15-11-7-12(8-11)16-13-5-4-10(14)6-9(13)2/h4-6,11-12,15H,3,7-8H2,1-2H3. The van der Waals surface area contributed by atoms with Crippen molar-refractivity contribution in [1.29, 1.82) is 0 Å². The maximum atomic E-state index is 5.91. The van der Waals surface area contributed by atoms with Gasteiger partial charge in [-0.05, 0) is 50.1 Å². The molecule has 88 valence electrons. The average Bonchev–Trinajstić information content (AvgIpc) is 2.18. The van der Waals surface area contributed by atoms with Crippen LogP contribution in [0.3, 0.4) is 0 Å². The van der Waals surface area contributed by atoms with E-state index in [1.807, 2.05) is 25.1 Å². The van der Waals surface area contributed by atoms with Crippen LogP contribution in [-0.4, -0.2) is 18.7 Å². The van der Waals surface area contributed by atoms with Crippen molar-refractivity contribution in [2.75, 3.05) is 6.54 Å². The fourth-order valence-corrected chi connectivity index (χ4v) is 2.27. The molecule has 0 heterocycles. The van der Waals surface area contributed by atoms with E-state index in [1.165, 1.54) is 0 Å². The summed E-state index contributed by atoms with van der Waals surface area (Å²) in [6.45, 7) is 5.20. The van der Waals surface area contributed by atoms with E-state index in [0.29, 0.717) is 12.1 Å². The first-order chi connectivity index (χ1) is 7.69. The lowest BCUT2D eigenvalue weighted by molar-refractivity contribution is 0.0853. The van der Waals surface area contributed by atoms with Crippen LogP contribution in [0.5, 0.6) is 5.75 Å². The van der Waals surface area contributed by atoms with Gasteiger partial charge in [-0.2, -0.15) is 0 Å². The first-order valence-corrected chi connectivity index (χ1v) is 6.23. The second-order valence-corrected chi connectivity index (χ2v) is 4.81. The van der Waals surface area contributed by atoms with E-state index >= 15 is 0 Å². The molecular formula is C13H18ClNO. The highest BCUT2D eigenvalue weighted by molar-refractivity contribution is 6.30. The molecule has 2 rings (SSSR count). The molecule has 0 spiro atoms. The molecule has 0 aromatic heterocycles. The molecule has 0 unspecified atom stereocenters. The normalized spacial score (nSPS) is 23.9. The van der Waals surface area contributed by atoms with Gasteiger partial charge in [-0.15, -0.1) is 0 Å². The van der Waals surface area contributed by atoms with Crippen LogP contribution in [0.4, 0.5) is 0 Å². The number of ether oxygens (including phenoxy) is 1. The SMILES string of the molecule is CCNC1CC(Oc2ccc(Cl)cc2C)C1. The quantitative estimate of drug-likeness (QED) is 0.872. The minimum atomic E-state index is 0.365. The van der Waals surface area contributed by atoms with Crippen LogP contribution >= 0.6 is 11.6 Å². The summed E-state index contributed by atoms with van der Waals surface area (Å²) in [5.74, 6) is 0.962. The van der Waals surface area contributed by atoms with Gasteiger partial charge >= 0.3 is 0 Å². The molecule has 1 aliphatic rings. The third kappa shape index (κ3) is 2.69. The van der Waals surface area contributed by atoms with Crippen molar-refractivity contribution in [3.05, 3.63) is 28.8 Å². The minimum absolute atomic E-state index is 0.365. The van der Waals surface area contributed by atoms with Crippen molar-refractivity contribution in [3.63, 3.8) is 0 Å². The van der Waals surface area contributed by atoms with Crippen molar-refractivity contribution in [2.24, 2.45) is 0 Å². The molecule has 0 bridgehead atoms. The van der Waals surface area contributed by atoms with Crippen molar-refractivity contribution in [2.45, 2.75) is 38.8 Å². The Morgan fingerprint density at radius 1 is 1.44 bits per heavy atom. The minimum Gasteiger partial charge on any atom is -0.490 e. The van der Waals surface area contributed by atoms with Crippen LogP contribution < -0.4 is 10.1 Å². The van der Waals surface area contributed by atoms with Gasteiger partial charge in [0.25, 0.3) is 0 Å². The zero-order valence-electron chi connectivity index (χ0n) is 9.79. The molecule has 0 amide bonds. The summed E-state index contributed by atoms with van der Waals surface area (Å²) < 4.78 is 5.91. The highest BCUT2D eigenvalue weighted by atomic mass is 35.5. The van der Waals surface area contributed by atoms with E-state index in [4.69, 9.17) is 16.3 Å². The van der Waals surface area contributed by atoms with Gasteiger partial charge in [-0.1, -0.05) is 18.5 Å². The summed E-state index contributed by atoms with van der Waals surface area (Å²) in [4.78, 5) is 0. The molecule has 0 atom stereocenters. The molecule has 1 aromatic carbocycles. The zero-order chi connectivity index (χ0) is 11.5. The Bertz CT molecular complexity index is 361. The van der Waals surface area contributed by atoms with Gasteiger partial charge in [0.05, 0.1) is 0 Å². The molecule has 1 aliphatic carbocycles. The molecule has 1 aromatic rings. The molecule has 1 N–H and O–H groups in total. The Labute approximate surface area is 102 Å². The van der Waals surface area contributed by atoms with E-state index in [-0.39, 0.29) is 0 Å². The number of benzene rings is 1. The van der Waals surface area contributed by atoms with E-state index < -0.39 is 0 Å². The number of hydrogen-bond acceptors (Lipinski definition) is 2. The molecule has 0 radical (unpaired) electrons. The van der Waals surface area contributed by atoms with Crippen molar-refractivity contribution >= 4 is 11.6 Å². The van der Waals surface area contributed by atoms with Crippen LogP contribution in [0.2, 0.25) is 5.02 Å². The van der Waals surface area contributed by atoms with Crippen LogP contribution in [0.1, 0.15) is 25.3 Å². The summed E-state index contributed by atoms with van der Waals surface area (Å²) in [6, 6.07) is 6.42. The molecule has 1 fully saturated rings. The highest BCUT2D eigenvalue weighted by Gasteiger charge is 2.30. The second kappa shape index (κ2) is 5.07. The van der Waals surface area contributed by atoms with Gasteiger partial charge < -0.3 is 10.1 Å². The van der Waals surface area contributed by atoms with Crippen LogP contribution in [0.15, 0.2) is 18.2 Å². The Hall–Kier alpha value is -0.730. The third-order valence-electron chi connectivity index (χ3n) is 3.02. The predicted octanol–water partition coefficient (Wildman–Crippen LogP) is 3.17. The molecule has 0 aliphatic heterocycles. The Morgan fingerprint density at radius 2 is 2.19 bits per heavy atom. The van der Waals surface area contributed by atoms with E-state index in [0.717, 1.165) is 35.7 Å². The average molecular weight is 240 g/mol. The van der Waals surface area contributed by atoms with E-state index in [1.54, 1.807) is 0 Å². The zero-order valence-corrected chi connectivity index (χ0v) is 10.6. The van der Waals surface area contributed by atoms with E-state index in [2.05, 4.69) is 12.2 Å². The topological polar surface area (TPSA) is 21.3 Å². The molecule has 2 nitrogen and oxygen atoms in total. The molecule has 3 heteroatoms. The van der Waals surface area contributed by atoms with Gasteiger partial charge in [-0.3, -0.25) is 0 Å². The van der Waals surface area contributed by atoms with Crippen LogP contribution in [0.25, 0.3) is 0 Å². The first-order valence-electron chi connectivity index (χ1n) is 5.85. The molecule has 1 saturated carbocycles. The highest BCUT2D eigenvalue weighted by Crippen LogP contribution is 2.29. The third-order valence-corrected chi connectivity index (χ3v) is 3.25. The number of nitrogens with one attached hydrogen (secondary N) is 1. The summed E-state index contributed by atoms with van der Waals surface area (Å²) in [7, 11) is 0. The number of hydrogen-bond donors (Lipinski definition) is 1. The Kier molecular flexibility index (Phi) is 3.72. The lowest BCUT2D eigenvalue weighted by Crippen LogP contribution is -2.46. The fraction of sp³-hybridized carbons (Fsp3) is 0.538. The van der Waals surface area contributed by atoms with Crippen molar-refractivity contribution < 1.29 is 4.74 Å². The molecule has 0 saturated heterocycles. The summed E-state index contributed by atoms with van der Waals surface area (Å²) in [6.07, 6.45) is 2.58. The van der Waals surface area contributed by atoms with Gasteiger partial charge in [0, 0.05) is 11.1 Å². The maximum absolute atomic E-state index is 5.91. The number of aryl methyl sites for hydroxylation is 1. The Morgan fingerprint density at radius 3 is 2.81 bits per heavy atom. The first kappa shape index (κ1) is 11.7. The van der Waals surface area contributed by atoms with E-state index in [9.17, 15) is 0 Å².